The molecule has 0 aliphatic heterocycles. The van der Waals surface area contributed by atoms with Crippen molar-refractivity contribution in [3.05, 3.63) is 0 Å². The summed E-state index contributed by atoms with van der Waals surface area (Å²) in [7, 11) is 1.58. The van der Waals surface area contributed by atoms with Crippen molar-refractivity contribution in [1.82, 2.24) is 0 Å². The fourth-order valence-corrected chi connectivity index (χ4v) is 0.535. The third-order valence-electron chi connectivity index (χ3n) is 1.55. The molecule has 1 atom stereocenters. The molecule has 0 fully saturated rings. The summed E-state index contributed by atoms with van der Waals surface area (Å²) in [5.41, 5.74) is 0. The number of methoxy groups -OCH3 is 1. The van der Waals surface area contributed by atoms with Crippen LogP contribution in [0.2, 0.25) is 0 Å². The highest BCUT2D eigenvalue weighted by atomic mass is 16.6. The summed E-state index contributed by atoms with van der Waals surface area (Å²) >= 11 is 0. The van der Waals surface area contributed by atoms with Gasteiger partial charge in [-0.1, -0.05) is 13.8 Å². The van der Waals surface area contributed by atoms with Gasteiger partial charge in [-0.3, -0.25) is 4.79 Å². The van der Waals surface area contributed by atoms with Crippen LogP contribution < -0.4 is 0 Å². The largest absolute Gasteiger partial charge is 0.463 e. The summed E-state index contributed by atoms with van der Waals surface area (Å²) in [5, 5.41) is 0. The number of carbonyl (C=O) groups is 1. The van der Waals surface area contributed by atoms with E-state index in [-0.39, 0.29) is 11.9 Å². The lowest BCUT2D eigenvalue weighted by atomic mass is 10.1. The van der Waals surface area contributed by atoms with E-state index >= 15 is 0 Å². The normalized spacial score (nSPS) is 12.6. The van der Waals surface area contributed by atoms with E-state index in [2.05, 4.69) is 0 Å². The summed E-state index contributed by atoms with van der Waals surface area (Å²) in [6.07, 6.45) is 0.825. The minimum Gasteiger partial charge on any atom is -0.463 e. The number of esters is 1. The Balaban J connectivity index is 3.36. The quantitative estimate of drug-likeness (QED) is 0.448. The zero-order chi connectivity index (χ0) is 8.69. The molecule has 0 heterocycles. The van der Waals surface area contributed by atoms with Crippen molar-refractivity contribution in [2.75, 3.05) is 20.3 Å². The monoisotopic (exact) mass is 160 g/mol. The molecule has 0 radical (unpaired) electrons. The lowest BCUT2D eigenvalue weighted by Crippen LogP contribution is -2.16. The summed E-state index contributed by atoms with van der Waals surface area (Å²) in [5.74, 6) is -0.128. The van der Waals surface area contributed by atoms with Gasteiger partial charge in [-0.05, 0) is 6.42 Å². The molecular formula is C8H16O3. The van der Waals surface area contributed by atoms with Crippen LogP contribution in [0.25, 0.3) is 0 Å². The van der Waals surface area contributed by atoms with Gasteiger partial charge in [0.05, 0.1) is 12.5 Å². The first-order valence-corrected chi connectivity index (χ1v) is 3.88. The Morgan fingerprint density at radius 3 is 2.55 bits per heavy atom. The molecule has 0 spiro atoms. The van der Waals surface area contributed by atoms with Gasteiger partial charge in [-0.2, -0.15) is 0 Å². The maximum Gasteiger partial charge on any atom is 0.308 e. The zero-order valence-corrected chi connectivity index (χ0v) is 7.42. The van der Waals surface area contributed by atoms with Crippen LogP contribution >= 0.6 is 0 Å². The fourth-order valence-electron chi connectivity index (χ4n) is 0.535. The van der Waals surface area contributed by atoms with Crippen LogP contribution in [-0.4, -0.2) is 26.3 Å². The van der Waals surface area contributed by atoms with Gasteiger partial charge < -0.3 is 9.47 Å². The van der Waals surface area contributed by atoms with Crippen molar-refractivity contribution in [3.8, 4) is 0 Å². The highest BCUT2D eigenvalue weighted by molar-refractivity contribution is 5.71. The van der Waals surface area contributed by atoms with E-state index in [0.29, 0.717) is 13.2 Å². The van der Waals surface area contributed by atoms with E-state index in [0.717, 1.165) is 6.42 Å². The first-order chi connectivity index (χ1) is 5.22. The van der Waals surface area contributed by atoms with Gasteiger partial charge in [0.1, 0.15) is 6.61 Å². The summed E-state index contributed by atoms with van der Waals surface area (Å²) in [4.78, 5) is 11.0. The Hall–Kier alpha value is -0.570. The number of hydrogen-bond acceptors (Lipinski definition) is 3. The van der Waals surface area contributed by atoms with Crippen molar-refractivity contribution in [1.29, 1.82) is 0 Å². The van der Waals surface area contributed by atoms with Crippen LogP contribution in [-0.2, 0) is 14.3 Å². The van der Waals surface area contributed by atoms with E-state index in [1.165, 1.54) is 0 Å². The minimum atomic E-state index is -0.135. The molecule has 3 heteroatoms. The van der Waals surface area contributed by atoms with E-state index in [1.54, 1.807) is 7.11 Å². The smallest absolute Gasteiger partial charge is 0.308 e. The molecule has 0 saturated carbocycles. The van der Waals surface area contributed by atoms with Crippen molar-refractivity contribution in [2.45, 2.75) is 20.3 Å². The zero-order valence-electron chi connectivity index (χ0n) is 7.42. The van der Waals surface area contributed by atoms with E-state index in [1.807, 2.05) is 13.8 Å². The van der Waals surface area contributed by atoms with Crippen molar-refractivity contribution in [3.63, 3.8) is 0 Å². The maximum atomic E-state index is 11.0. The molecule has 0 aromatic rings. The Labute approximate surface area is 67.7 Å². The van der Waals surface area contributed by atoms with Crippen LogP contribution in [0.4, 0.5) is 0 Å². The summed E-state index contributed by atoms with van der Waals surface area (Å²) < 4.78 is 9.60. The number of rotatable bonds is 5. The topological polar surface area (TPSA) is 35.5 Å². The summed E-state index contributed by atoms with van der Waals surface area (Å²) in [6, 6.07) is 0. The van der Waals surface area contributed by atoms with E-state index in [4.69, 9.17) is 9.47 Å². The second-order valence-corrected chi connectivity index (χ2v) is 2.47. The third-order valence-corrected chi connectivity index (χ3v) is 1.55. The Morgan fingerprint density at radius 1 is 1.45 bits per heavy atom. The molecule has 1 unspecified atom stereocenters. The molecule has 0 aromatic carbocycles. The molecule has 11 heavy (non-hydrogen) atoms. The molecule has 0 aromatic heterocycles. The Bertz CT molecular complexity index is 112. The molecule has 0 rings (SSSR count). The Morgan fingerprint density at radius 2 is 2.09 bits per heavy atom. The molecule has 66 valence electrons. The van der Waals surface area contributed by atoms with Gasteiger partial charge in [-0.15, -0.1) is 0 Å². The molecular weight excluding hydrogens is 144 g/mol. The van der Waals surface area contributed by atoms with Crippen LogP contribution in [0.1, 0.15) is 20.3 Å². The fraction of sp³-hybridized carbons (Fsp3) is 0.875. The minimum absolute atomic E-state index is 0.00635. The first kappa shape index (κ1) is 10.4. The molecule has 0 N–H and O–H groups in total. The second-order valence-electron chi connectivity index (χ2n) is 2.47. The predicted octanol–water partition coefficient (Wildman–Crippen LogP) is 1.22. The Kier molecular flexibility index (Phi) is 5.84. The number of hydrogen-bond donors (Lipinski definition) is 0. The highest BCUT2D eigenvalue weighted by Crippen LogP contribution is 2.02. The van der Waals surface area contributed by atoms with Gasteiger partial charge in [0.15, 0.2) is 0 Å². The van der Waals surface area contributed by atoms with Crippen LogP contribution in [0, 0.1) is 5.92 Å². The number of ether oxygens (including phenoxy) is 2. The van der Waals surface area contributed by atoms with Crippen molar-refractivity contribution in [2.24, 2.45) is 5.92 Å². The third kappa shape index (κ3) is 4.79. The predicted molar refractivity (Wildman–Crippen MR) is 42.3 cm³/mol. The summed E-state index contributed by atoms with van der Waals surface area (Å²) in [6.45, 7) is 4.65. The van der Waals surface area contributed by atoms with Gasteiger partial charge in [0.2, 0.25) is 0 Å². The average Bonchev–Trinajstić information content (AvgIpc) is 2.03. The van der Waals surface area contributed by atoms with Gasteiger partial charge in [0, 0.05) is 7.11 Å². The molecule has 0 bridgehead atoms. The molecule has 0 aliphatic rings. The van der Waals surface area contributed by atoms with Gasteiger partial charge in [0.25, 0.3) is 0 Å². The van der Waals surface area contributed by atoms with E-state index in [9.17, 15) is 4.79 Å². The molecule has 0 amide bonds. The van der Waals surface area contributed by atoms with Crippen LogP contribution in [0.3, 0.4) is 0 Å². The van der Waals surface area contributed by atoms with E-state index < -0.39 is 0 Å². The maximum absolute atomic E-state index is 11.0. The van der Waals surface area contributed by atoms with Gasteiger partial charge in [-0.25, -0.2) is 0 Å². The second kappa shape index (κ2) is 6.16. The van der Waals surface area contributed by atoms with Crippen LogP contribution in [0.15, 0.2) is 0 Å². The lowest BCUT2D eigenvalue weighted by Gasteiger charge is -2.07. The van der Waals surface area contributed by atoms with Gasteiger partial charge >= 0.3 is 5.97 Å². The molecule has 0 saturated heterocycles. The highest BCUT2D eigenvalue weighted by Gasteiger charge is 2.10. The number of carbonyl (C=O) groups excluding carboxylic acids is 1. The molecule has 0 aliphatic carbocycles. The SMILES string of the molecule is CCC(C)C(=O)OCCOC. The van der Waals surface area contributed by atoms with Crippen LogP contribution in [0.5, 0.6) is 0 Å². The lowest BCUT2D eigenvalue weighted by molar-refractivity contribution is -0.149. The van der Waals surface area contributed by atoms with Crippen molar-refractivity contribution < 1.29 is 14.3 Å². The molecule has 3 nitrogen and oxygen atoms in total. The first-order valence-electron chi connectivity index (χ1n) is 3.88. The average molecular weight is 160 g/mol. The standard InChI is InChI=1S/C8H16O3/c1-4-7(2)8(9)11-6-5-10-3/h7H,4-6H2,1-3H3. The van der Waals surface area contributed by atoms with Crippen molar-refractivity contribution >= 4 is 5.97 Å².